The lowest BCUT2D eigenvalue weighted by molar-refractivity contribution is 0.746. The molecule has 60 valence electrons. The van der Waals surface area contributed by atoms with Crippen LogP contribution in [-0.2, 0) is 6.42 Å². The van der Waals surface area contributed by atoms with Crippen LogP contribution in [0.5, 0.6) is 0 Å². The van der Waals surface area contributed by atoms with Crippen LogP contribution < -0.4 is 5.73 Å². The highest BCUT2D eigenvalue weighted by Crippen LogP contribution is 1.98. The van der Waals surface area contributed by atoms with Gasteiger partial charge in [0.25, 0.3) is 0 Å². The van der Waals surface area contributed by atoms with Gasteiger partial charge in [0.05, 0.1) is 0 Å². The number of rotatable bonds is 3. The van der Waals surface area contributed by atoms with Crippen LogP contribution >= 0.6 is 0 Å². The van der Waals surface area contributed by atoms with E-state index in [1.54, 1.807) is 0 Å². The van der Waals surface area contributed by atoms with Crippen molar-refractivity contribution in [3.8, 4) is 0 Å². The first kappa shape index (κ1) is 7.91. The van der Waals surface area contributed by atoms with E-state index in [2.05, 4.69) is 21.9 Å². The van der Waals surface area contributed by atoms with Crippen molar-refractivity contribution in [2.45, 2.75) is 26.2 Å². The molecule has 1 rings (SSSR count). The fourth-order valence-corrected chi connectivity index (χ4v) is 0.800. The Morgan fingerprint density at radius 3 is 2.91 bits per heavy atom. The third kappa shape index (κ3) is 2.49. The Labute approximate surface area is 65.9 Å². The van der Waals surface area contributed by atoms with Gasteiger partial charge >= 0.3 is 0 Å². The zero-order valence-corrected chi connectivity index (χ0v) is 6.62. The quantitative estimate of drug-likeness (QED) is 0.695. The zero-order chi connectivity index (χ0) is 8.10. The number of aromatic nitrogens is 3. The van der Waals surface area contributed by atoms with E-state index in [0.29, 0.717) is 5.95 Å². The third-order valence-corrected chi connectivity index (χ3v) is 1.39. The summed E-state index contributed by atoms with van der Waals surface area (Å²) in [5, 5.41) is 0. The van der Waals surface area contributed by atoms with Crippen molar-refractivity contribution < 1.29 is 0 Å². The van der Waals surface area contributed by atoms with Gasteiger partial charge in [0.2, 0.25) is 5.95 Å². The number of nitrogen functional groups attached to an aromatic ring is 1. The molecule has 0 aliphatic rings. The number of unbranched alkanes of at least 4 members (excludes halogenated alkanes) is 1. The molecule has 0 aliphatic carbocycles. The molecule has 1 aromatic heterocycles. The summed E-state index contributed by atoms with van der Waals surface area (Å²) in [5.41, 5.74) is 5.37. The van der Waals surface area contributed by atoms with E-state index >= 15 is 0 Å². The van der Waals surface area contributed by atoms with Crippen LogP contribution in [0.3, 0.4) is 0 Å². The first-order chi connectivity index (χ1) is 5.33. The van der Waals surface area contributed by atoms with Gasteiger partial charge in [-0.3, -0.25) is 0 Å². The van der Waals surface area contributed by atoms with Gasteiger partial charge in [0.1, 0.15) is 12.2 Å². The largest absolute Gasteiger partial charge is 0.368 e. The van der Waals surface area contributed by atoms with E-state index in [0.717, 1.165) is 25.1 Å². The summed E-state index contributed by atoms with van der Waals surface area (Å²) in [6.07, 6.45) is 4.59. The number of hydrogen-bond acceptors (Lipinski definition) is 4. The minimum atomic E-state index is 0.311. The molecule has 2 N–H and O–H groups in total. The molecule has 0 saturated carbocycles. The monoisotopic (exact) mass is 152 g/mol. The molecule has 0 bridgehead atoms. The average Bonchev–Trinajstić information content (AvgIpc) is 2.01. The maximum atomic E-state index is 5.37. The van der Waals surface area contributed by atoms with Crippen LogP contribution in [0.15, 0.2) is 6.33 Å². The molecule has 11 heavy (non-hydrogen) atoms. The zero-order valence-electron chi connectivity index (χ0n) is 6.62. The van der Waals surface area contributed by atoms with E-state index in [1.807, 2.05) is 0 Å². The second-order valence-electron chi connectivity index (χ2n) is 2.36. The number of nitrogens with two attached hydrogens (primary N) is 1. The second kappa shape index (κ2) is 3.85. The Hall–Kier alpha value is -1.19. The van der Waals surface area contributed by atoms with Gasteiger partial charge in [0.15, 0.2) is 0 Å². The van der Waals surface area contributed by atoms with Gasteiger partial charge in [-0.05, 0) is 6.42 Å². The van der Waals surface area contributed by atoms with Gasteiger partial charge in [-0.1, -0.05) is 13.3 Å². The fourth-order valence-electron chi connectivity index (χ4n) is 0.800. The summed E-state index contributed by atoms with van der Waals surface area (Å²) in [4.78, 5) is 11.6. The highest BCUT2D eigenvalue weighted by Gasteiger charge is 1.95. The Balaban J connectivity index is 2.56. The maximum Gasteiger partial charge on any atom is 0.223 e. The highest BCUT2D eigenvalue weighted by molar-refractivity contribution is 5.12. The molecule has 4 heteroatoms. The second-order valence-corrected chi connectivity index (χ2v) is 2.36. The fraction of sp³-hybridized carbons (Fsp3) is 0.571. The van der Waals surface area contributed by atoms with Crippen LogP contribution in [0, 0.1) is 0 Å². The molecule has 0 unspecified atom stereocenters. The molecule has 1 aromatic rings. The van der Waals surface area contributed by atoms with Gasteiger partial charge in [-0.2, -0.15) is 4.98 Å². The van der Waals surface area contributed by atoms with E-state index in [-0.39, 0.29) is 0 Å². The lowest BCUT2D eigenvalue weighted by Gasteiger charge is -1.96. The maximum absolute atomic E-state index is 5.37. The average molecular weight is 152 g/mol. The summed E-state index contributed by atoms with van der Waals surface area (Å²) in [7, 11) is 0. The molecule has 0 aromatic carbocycles. The lowest BCUT2D eigenvalue weighted by Crippen LogP contribution is -2.01. The van der Waals surface area contributed by atoms with Crippen molar-refractivity contribution in [2.24, 2.45) is 0 Å². The number of hydrogen-bond donors (Lipinski definition) is 1. The van der Waals surface area contributed by atoms with Gasteiger partial charge < -0.3 is 5.73 Å². The summed E-state index contributed by atoms with van der Waals surface area (Å²) in [5.74, 6) is 1.10. The molecule has 0 atom stereocenters. The first-order valence-corrected chi connectivity index (χ1v) is 3.76. The van der Waals surface area contributed by atoms with Crippen molar-refractivity contribution >= 4 is 5.95 Å². The van der Waals surface area contributed by atoms with E-state index in [1.165, 1.54) is 6.33 Å². The number of nitrogens with zero attached hydrogens (tertiary/aromatic N) is 3. The first-order valence-electron chi connectivity index (χ1n) is 3.76. The van der Waals surface area contributed by atoms with E-state index in [9.17, 15) is 0 Å². The van der Waals surface area contributed by atoms with Crippen LogP contribution in [-0.4, -0.2) is 15.0 Å². The van der Waals surface area contributed by atoms with Gasteiger partial charge in [0, 0.05) is 6.42 Å². The molecule has 1 heterocycles. The highest BCUT2D eigenvalue weighted by atomic mass is 15.1. The molecule has 0 radical (unpaired) electrons. The molecule has 0 amide bonds. The number of aryl methyl sites for hydroxylation is 1. The third-order valence-electron chi connectivity index (χ3n) is 1.39. The molecular weight excluding hydrogens is 140 g/mol. The van der Waals surface area contributed by atoms with Crippen LogP contribution in [0.1, 0.15) is 25.6 Å². The summed E-state index contributed by atoms with van der Waals surface area (Å²) < 4.78 is 0. The van der Waals surface area contributed by atoms with Crippen molar-refractivity contribution in [1.29, 1.82) is 0 Å². The van der Waals surface area contributed by atoms with Crippen molar-refractivity contribution in [1.82, 2.24) is 15.0 Å². The smallest absolute Gasteiger partial charge is 0.223 e. The van der Waals surface area contributed by atoms with E-state index < -0.39 is 0 Å². The van der Waals surface area contributed by atoms with Crippen molar-refractivity contribution in [3.63, 3.8) is 0 Å². The Kier molecular flexibility index (Phi) is 2.77. The van der Waals surface area contributed by atoms with Gasteiger partial charge in [-0.25, -0.2) is 9.97 Å². The van der Waals surface area contributed by atoms with Crippen LogP contribution in [0.4, 0.5) is 5.95 Å². The summed E-state index contributed by atoms with van der Waals surface area (Å²) in [6.45, 7) is 2.13. The van der Waals surface area contributed by atoms with Gasteiger partial charge in [-0.15, -0.1) is 0 Å². The predicted octanol–water partition coefficient (Wildman–Crippen LogP) is 0.796. The molecule has 4 nitrogen and oxygen atoms in total. The van der Waals surface area contributed by atoms with E-state index in [4.69, 9.17) is 5.73 Å². The minimum Gasteiger partial charge on any atom is -0.368 e. The van der Waals surface area contributed by atoms with Crippen molar-refractivity contribution in [2.75, 3.05) is 5.73 Å². The van der Waals surface area contributed by atoms with Crippen molar-refractivity contribution in [3.05, 3.63) is 12.2 Å². The predicted molar refractivity (Wildman–Crippen MR) is 42.9 cm³/mol. The molecule has 0 aliphatic heterocycles. The molecule has 0 saturated heterocycles. The minimum absolute atomic E-state index is 0.311. The lowest BCUT2D eigenvalue weighted by atomic mass is 10.2. The Morgan fingerprint density at radius 1 is 1.45 bits per heavy atom. The Bertz CT molecular complexity index is 223. The van der Waals surface area contributed by atoms with Crippen LogP contribution in [0.25, 0.3) is 0 Å². The summed E-state index contributed by atoms with van der Waals surface area (Å²) >= 11 is 0. The summed E-state index contributed by atoms with van der Waals surface area (Å²) in [6, 6.07) is 0. The van der Waals surface area contributed by atoms with Crippen LogP contribution in [0.2, 0.25) is 0 Å². The topological polar surface area (TPSA) is 64.7 Å². The molecule has 0 spiro atoms. The Morgan fingerprint density at radius 2 is 2.27 bits per heavy atom. The standard InChI is InChI=1S/C7H12N4/c1-2-3-4-6-9-5-10-7(8)11-6/h5H,2-4H2,1H3,(H2,8,9,10,11). The molecule has 0 fully saturated rings. The SMILES string of the molecule is CCCCc1ncnc(N)n1. The molecular formula is C7H12N4. The number of anilines is 1. The normalized spacial score (nSPS) is 9.91.